The minimum atomic E-state index is -0.517. The maximum absolute atomic E-state index is 13.1. The molecule has 5 nitrogen and oxygen atoms in total. The number of nitriles is 1. The smallest absolute Gasteiger partial charge is 0.319 e. The van der Waals surface area contributed by atoms with Gasteiger partial charge in [-0.3, -0.25) is 0 Å². The molecule has 0 spiro atoms. The van der Waals surface area contributed by atoms with Crippen molar-refractivity contribution in [1.82, 2.24) is 10.3 Å². The van der Waals surface area contributed by atoms with Gasteiger partial charge in [0.1, 0.15) is 11.9 Å². The summed E-state index contributed by atoms with van der Waals surface area (Å²) in [5.74, 6) is -0.517. The molecule has 3 N–H and O–H groups in total. The number of para-hydroxylation sites is 1. The second-order valence-corrected chi connectivity index (χ2v) is 5.29. The van der Waals surface area contributed by atoms with Gasteiger partial charge in [-0.05, 0) is 36.2 Å². The molecule has 0 bridgehead atoms. The van der Waals surface area contributed by atoms with E-state index in [0.717, 1.165) is 22.5 Å². The molecule has 1 heterocycles. The minimum Gasteiger partial charge on any atom is -0.361 e. The van der Waals surface area contributed by atoms with E-state index in [2.05, 4.69) is 15.6 Å². The third-order valence-corrected chi connectivity index (χ3v) is 3.71. The van der Waals surface area contributed by atoms with Crippen LogP contribution in [0.3, 0.4) is 0 Å². The number of urea groups is 1. The fourth-order valence-corrected chi connectivity index (χ4v) is 2.53. The molecule has 0 radical (unpaired) electrons. The maximum atomic E-state index is 13.1. The third kappa shape index (κ3) is 3.36. The Morgan fingerprint density at radius 3 is 2.92 bits per heavy atom. The fraction of sp³-hybridized carbons (Fsp3) is 0.111. The van der Waals surface area contributed by atoms with Crippen LogP contribution in [0.4, 0.5) is 14.9 Å². The average molecular weight is 322 g/mol. The zero-order valence-corrected chi connectivity index (χ0v) is 12.8. The van der Waals surface area contributed by atoms with Crippen molar-refractivity contribution in [2.75, 3.05) is 11.9 Å². The first-order valence-electron chi connectivity index (χ1n) is 7.47. The number of anilines is 1. The molecule has 0 atom stereocenters. The van der Waals surface area contributed by atoms with Crippen molar-refractivity contribution in [3.63, 3.8) is 0 Å². The van der Waals surface area contributed by atoms with Crippen molar-refractivity contribution in [3.8, 4) is 6.07 Å². The highest BCUT2D eigenvalue weighted by Gasteiger charge is 2.08. The van der Waals surface area contributed by atoms with Crippen LogP contribution in [0.15, 0.2) is 48.7 Å². The molecular weight excluding hydrogens is 307 g/mol. The predicted octanol–water partition coefficient (Wildman–Crippen LogP) is 3.54. The second-order valence-electron chi connectivity index (χ2n) is 5.29. The van der Waals surface area contributed by atoms with Crippen LogP contribution in [0, 0.1) is 17.1 Å². The van der Waals surface area contributed by atoms with Gasteiger partial charge in [0.15, 0.2) is 0 Å². The van der Waals surface area contributed by atoms with Gasteiger partial charge >= 0.3 is 6.03 Å². The Morgan fingerprint density at radius 2 is 2.08 bits per heavy atom. The Balaban J connectivity index is 1.57. The van der Waals surface area contributed by atoms with Crippen molar-refractivity contribution in [2.45, 2.75) is 6.42 Å². The number of aromatic amines is 1. The van der Waals surface area contributed by atoms with Gasteiger partial charge < -0.3 is 15.6 Å². The van der Waals surface area contributed by atoms with Gasteiger partial charge in [0.05, 0.1) is 11.3 Å². The van der Waals surface area contributed by atoms with Crippen molar-refractivity contribution in [3.05, 3.63) is 65.6 Å². The highest BCUT2D eigenvalue weighted by molar-refractivity contribution is 5.90. The average Bonchev–Trinajstić information content (AvgIpc) is 3.00. The number of fused-ring (bicyclic) bond motifs is 1. The van der Waals surface area contributed by atoms with E-state index in [1.54, 1.807) is 0 Å². The van der Waals surface area contributed by atoms with E-state index < -0.39 is 11.8 Å². The third-order valence-electron chi connectivity index (χ3n) is 3.71. The molecule has 0 fully saturated rings. The zero-order valence-electron chi connectivity index (χ0n) is 12.8. The summed E-state index contributed by atoms with van der Waals surface area (Å²) in [7, 11) is 0. The Hall–Kier alpha value is -3.33. The van der Waals surface area contributed by atoms with Crippen LogP contribution >= 0.6 is 0 Å². The lowest BCUT2D eigenvalue weighted by atomic mass is 10.1. The van der Waals surface area contributed by atoms with Gasteiger partial charge in [-0.2, -0.15) is 5.26 Å². The topological polar surface area (TPSA) is 80.7 Å². The molecule has 2 amide bonds. The van der Waals surface area contributed by atoms with Gasteiger partial charge in [0.25, 0.3) is 0 Å². The summed E-state index contributed by atoms with van der Waals surface area (Å²) in [5, 5.41) is 15.4. The lowest BCUT2D eigenvalue weighted by molar-refractivity contribution is 0.252. The highest BCUT2D eigenvalue weighted by Crippen LogP contribution is 2.18. The van der Waals surface area contributed by atoms with Gasteiger partial charge in [0, 0.05) is 23.6 Å². The van der Waals surface area contributed by atoms with Crippen LogP contribution in [0.2, 0.25) is 0 Å². The Bertz CT molecular complexity index is 926. The van der Waals surface area contributed by atoms with E-state index in [4.69, 9.17) is 5.26 Å². The Kier molecular flexibility index (Phi) is 4.43. The molecule has 24 heavy (non-hydrogen) atoms. The minimum absolute atomic E-state index is 0.0850. The van der Waals surface area contributed by atoms with Crippen molar-refractivity contribution < 1.29 is 9.18 Å². The summed E-state index contributed by atoms with van der Waals surface area (Å²) in [6, 6.07) is 13.0. The van der Waals surface area contributed by atoms with Crippen LogP contribution in [0.5, 0.6) is 0 Å². The second kappa shape index (κ2) is 6.84. The van der Waals surface area contributed by atoms with E-state index in [-0.39, 0.29) is 11.3 Å². The van der Waals surface area contributed by atoms with Crippen molar-refractivity contribution >= 4 is 22.6 Å². The summed E-state index contributed by atoms with van der Waals surface area (Å²) in [4.78, 5) is 15.1. The molecule has 3 rings (SSSR count). The number of rotatable bonds is 4. The van der Waals surface area contributed by atoms with Crippen LogP contribution in [0.25, 0.3) is 10.9 Å². The summed E-state index contributed by atoms with van der Waals surface area (Å²) >= 11 is 0. The van der Waals surface area contributed by atoms with E-state index in [1.807, 2.05) is 36.5 Å². The lowest BCUT2D eigenvalue weighted by Crippen LogP contribution is -2.30. The van der Waals surface area contributed by atoms with Gasteiger partial charge in [-0.1, -0.05) is 18.2 Å². The summed E-state index contributed by atoms with van der Waals surface area (Å²) < 4.78 is 13.1. The normalized spacial score (nSPS) is 10.3. The first-order valence-corrected chi connectivity index (χ1v) is 7.47. The van der Waals surface area contributed by atoms with Gasteiger partial charge in [0.2, 0.25) is 0 Å². The summed E-state index contributed by atoms with van der Waals surface area (Å²) in [5.41, 5.74) is 2.54. The fourth-order valence-electron chi connectivity index (χ4n) is 2.53. The molecule has 3 aromatic rings. The Morgan fingerprint density at radius 1 is 1.25 bits per heavy atom. The molecule has 0 saturated heterocycles. The first-order chi connectivity index (χ1) is 11.7. The maximum Gasteiger partial charge on any atom is 0.319 e. The van der Waals surface area contributed by atoms with Crippen LogP contribution in [-0.4, -0.2) is 17.6 Å². The molecule has 0 unspecified atom stereocenters. The monoisotopic (exact) mass is 322 g/mol. The molecular formula is C18H15FN4O. The van der Waals surface area contributed by atoms with Crippen LogP contribution < -0.4 is 10.6 Å². The number of nitrogens with one attached hydrogen (secondary N) is 3. The van der Waals surface area contributed by atoms with Crippen molar-refractivity contribution in [1.29, 1.82) is 5.26 Å². The largest absolute Gasteiger partial charge is 0.361 e. The van der Waals surface area contributed by atoms with E-state index in [1.165, 1.54) is 12.1 Å². The molecule has 1 aromatic heterocycles. The molecule has 120 valence electrons. The molecule has 0 aliphatic heterocycles. The van der Waals surface area contributed by atoms with Crippen LogP contribution in [0.1, 0.15) is 11.1 Å². The number of halogens is 1. The van der Waals surface area contributed by atoms with Crippen LogP contribution in [-0.2, 0) is 6.42 Å². The zero-order chi connectivity index (χ0) is 16.9. The summed E-state index contributed by atoms with van der Waals surface area (Å²) in [6.45, 7) is 0.441. The Labute approximate surface area is 138 Å². The number of nitrogens with zero attached hydrogens (tertiary/aromatic N) is 1. The number of hydrogen-bond acceptors (Lipinski definition) is 2. The van der Waals surface area contributed by atoms with Gasteiger partial charge in [-0.15, -0.1) is 0 Å². The quantitative estimate of drug-likeness (QED) is 0.687. The van der Waals surface area contributed by atoms with E-state index in [9.17, 15) is 9.18 Å². The molecule has 0 saturated carbocycles. The summed E-state index contributed by atoms with van der Waals surface area (Å²) in [6.07, 6.45) is 2.60. The molecule has 6 heteroatoms. The molecule has 2 aromatic carbocycles. The SMILES string of the molecule is N#Cc1cc(F)ccc1NC(=O)NCCc1c[nH]c2ccccc12. The lowest BCUT2D eigenvalue weighted by Gasteiger charge is -2.08. The molecule has 0 aliphatic carbocycles. The standard InChI is InChI=1S/C18H15FN4O/c19-14-5-6-16(13(9-14)10-20)23-18(24)21-8-7-12-11-22-17-4-2-1-3-15(12)17/h1-6,9,11,22H,7-8H2,(H2,21,23,24). The molecule has 0 aliphatic rings. The number of H-pyrrole nitrogens is 1. The number of hydrogen-bond donors (Lipinski definition) is 3. The highest BCUT2D eigenvalue weighted by atomic mass is 19.1. The van der Waals surface area contributed by atoms with Gasteiger partial charge in [-0.25, -0.2) is 9.18 Å². The van der Waals surface area contributed by atoms with E-state index >= 15 is 0 Å². The number of carbonyl (C=O) groups is 1. The number of amides is 2. The van der Waals surface area contributed by atoms with E-state index in [0.29, 0.717) is 13.0 Å². The van der Waals surface area contributed by atoms with Crippen molar-refractivity contribution in [2.24, 2.45) is 0 Å². The first kappa shape index (κ1) is 15.6. The predicted molar refractivity (Wildman–Crippen MR) is 90.1 cm³/mol. The number of carbonyl (C=O) groups excluding carboxylic acids is 1. The number of aromatic nitrogens is 1. The number of benzene rings is 2.